The second-order valence-corrected chi connectivity index (χ2v) is 4.46. The van der Waals surface area contributed by atoms with Gasteiger partial charge in [-0.3, -0.25) is 0 Å². The summed E-state index contributed by atoms with van der Waals surface area (Å²) in [4.78, 5) is 0. The van der Waals surface area contributed by atoms with Gasteiger partial charge in [0.15, 0.2) is 0 Å². The molecule has 0 radical (unpaired) electrons. The van der Waals surface area contributed by atoms with E-state index in [9.17, 15) is 0 Å². The van der Waals surface area contributed by atoms with E-state index in [1.165, 1.54) is 37.8 Å². The summed E-state index contributed by atoms with van der Waals surface area (Å²) in [5.41, 5.74) is 1.44. The van der Waals surface area contributed by atoms with Crippen LogP contribution in [0.4, 0.5) is 0 Å². The maximum Gasteiger partial charge on any atom is 0.0105 e. The molecule has 0 spiro atoms. The molecule has 1 N–H and O–H groups in total. The SMILES string of the molecule is CCCCCNC(CC)Cc1ccccc1. The predicted molar refractivity (Wildman–Crippen MR) is 71.8 cm³/mol. The zero-order chi connectivity index (χ0) is 11.6. The van der Waals surface area contributed by atoms with Gasteiger partial charge in [0.1, 0.15) is 0 Å². The zero-order valence-electron chi connectivity index (χ0n) is 10.7. The minimum Gasteiger partial charge on any atom is -0.314 e. The lowest BCUT2D eigenvalue weighted by Gasteiger charge is -2.16. The van der Waals surface area contributed by atoms with Crippen molar-refractivity contribution in [2.45, 2.75) is 52.0 Å². The maximum absolute atomic E-state index is 3.65. The van der Waals surface area contributed by atoms with E-state index < -0.39 is 0 Å². The summed E-state index contributed by atoms with van der Waals surface area (Å²) in [6.45, 7) is 5.68. The van der Waals surface area contributed by atoms with E-state index in [4.69, 9.17) is 0 Å². The van der Waals surface area contributed by atoms with Gasteiger partial charge in [-0.15, -0.1) is 0 Å². The number of hydrogen-bond acceptors (Lipinski definition) is 1. The fraction of sp³-hybridized carbons (Fsp3) is 0.600. The van der Waals surface area contributed by atoms with Gasteiger partial charge in [0.05, 0.1) is 0 Å². The molecule has 1 heteroatoms. The third kappa shape index (κ3) is 5.32. The molecule has 1 nitrogen and oxygen atoms in total. The van der Waals surface area contributed by atoms with Gasteiger partial charge in [-0.2, -0.15) is 0 Å². The molecule has 16 heavy (non-hydrogen) atoms. The van der Waals surface area contributed by atoms with Crippen molar-refractivity contribution in [1.29, 1.82) is 0 Å². The van der Waals surface area contributed by atoms with Crippen LogP contribution in [-0.4, -0.2) is 12.6 Å². The molecule has 0 saturated heterocycles. The lowest BCUT2D eigenvalue weighted by atomic mass is 10.0. The molecule has 1 unspecified atom stereocenters. The van der Waals surface area contributed by atoms with E-state index in [0.717, 1.165) is 6.42 Å². The van der Waals surface area contributed by atoms with Crippen LogP contribution in [0.25, 0.3) is 0 Å². The molecule has 0 aliphatic rings. The highest BCUT2D eigenvalue weighted by Crippen LogP contribution is 2.05. The molecule has 0 aliphatic heterocycles. The van der Waals surface area contributed by atoms with Crippen molar-refractivity contribution < 1.29 is 0 Å². The lowest BCUT2D eigenvalue weighted by Crippen LogP contribution is -2.31. The van der Waals surface area contributed by atoms with Crippen LogP contribution in [0.15, 0.2) is 30.3 Å². The van der Waals surface area contributed by atoms with Crippen molar-refractivity contribution in [2.24, 2.45) is 0 Å². The average Bonchev–Trinajstić information content (AvgIpc) is 2.34. The molecular weight excluding hydrogens is 194 g/mol. The van der Waals surface area contributed by atoms with Gasteiger partial charge in [0.2, 0.25) is 0 Å². The number of unbranched alkanes of at least 4 members (excludes halogenated alkanes) is 2. The van der Waals surface area contributed by atoms with Gasteiger partial charge in [-0.05, 0) is 31.4 Å². The minimum absolute atomic E-state index is 0.638. The van der Waals surface area contributed by atoms with Gasteiger partial charge >= 0.3 is 0 Å². The van der Waals surface area contributed by atoms with E-state index in [1.807, 2.05) is 0 Å². The van der Waals surface area contributed by atoms with Crippen molar-refractivity contribution >= 4 is 0 Å². The van der Waals surface area contributed by atoms with Crippen molar-refractivity contribution in [2.75, 3.05) is 6.54 Å². The molecule has 0 bridgehead atoms. The Bertz CT molecular complexity index is 255. The molecule has 1 atom stereocenters. The summed E-state index contributed by atoms with van der Waals surface area (Å²) in [7, 11) is 0. The molecule has 90 valence electrons. The molecule has 0 amide bonds. The first kappa shape index (κ1) is 13.2. The van der Waals surface area contributed by atoms with Gasteiger partial charge in [0.25, 0.3) is 0 Å². The van der Waals surface area contributed by atoms with Crippen LogP contribution in [0.3, 0.4) is 0 Å². The summed E-state index contributed by atoms with van der Waals surface area (Å²) in [6, 6.07) is 11.4. The maximum atomic E-state index is 3.65. The van der Waals surface area contributed by atoms with Crippen molar-refractivity contribution in [3.8, 4) is 0 Å². The topological polar surface area (TPSA) is 12.0 Å². The van der Waals surface area contributed by atoms with E-state index in [1.54, 1.807) is 0 Å². The van der Waals surface area contributed by atoms with Crippen LogP contribution in [0.1, 0.15) is 45.1 Å². The molecule has 1 aromatic rings. The molecule has 1 aromatic carbocycles. The molecular formula is C15H25N. The van der Waals surface area contributed by atoms with Gasteiger partial charge in [0, 0.05) is 6.04 Å². The van der Waals surface area contributed by atoms with Crippen molar-refractivity contribution in [1.82, 2.24) is 5.32 Å². The van der Waals surface area contributed by atoms with Crippen molar-refractivity contribution in [3.63, 3.8) is 0 Å². The first-order valence-electron chi connectivity index (χ1n) is 6.64. The Morgan fingerprint density at radius 3 is 2.44 bits per heavy atom. The van der Waals surface area contributed by atoms with Crippen LogP contribution in [0.5, 0.6) is 0 Å². The second-order valence-electron chi connectivity index (χ2n) is 4.46. The van der Waals surface area contributed by atoms with Gasteiger partial charge < -0.3 is 5.32 Å². The van der Waals surface area contributed by atoms with Crippen LogP contribution in [0, 0.1) is 0 Å². The Labute approximate surface area is 100 Å². The predicted octanol–water partition coefficient (Wildman–Crippen LogP) is 3.79. The van der Waals surface area contributed by atoms with Crippen LogP contribution >= 0.6 is 0 Å². The molecule has 0 fully saturated rings. The van der Waals surface area contributed by atoms with E-state index >= 15 is 0 Å². The first-order chi connectivity index (χ1) is 7.86. The van der Waals surface area contributed by atoms with Gasteiger partial charge in [-0.25, -0.2) is 0 Å². The molecule has 0 aromatic heterocycles. The van der Waals surface area contributed by atoms with E-state index in [-0.39, 0.29) is 0 Å². The summed E-state index contributed by atoms with van der Waals surface area (Å²) >= 11 is 0. The summed E-state index contributed by atoms with van der Waals surface area (Å²) in [5.74, 6) is 0. The average molecular weight is 219 g/mol. The Hall–Kier alpha value is -0.820. The minimum atomic E-state index is 0.638. The standard InChI is InChI=1S/C15H25N/c1-3-5-9-12-16-15(4-2)13-14-10-7-6-8-11-14/h6-8,10-11,15-16H,3-5,9,12-13H2,1-2H3. The summed E-state index contributed by atoms with van der Waals surface area (Å²) in [6.07, 6.45) is 6.32. The molecule has 0 heterocycles. The fourth-order valence-corrected chi connectivity index (χ4v) is 1.94. The summed E-state index contributed by atoms with van der Waals surface area (Å²) in [5, 5.41) is 3.65. The highest BCUT2D eigenvalue weighted by molar-refractivity contribution is 5.15. The first-order valence-corrected chi connectivity index (χ1v) is 6.64. The summed E-state index contributed by atoms with van der Waals surface area (Å²) < 4.78 is 0. The number of nitrogens with one attached hydrogen (secondary N) is 1. The van der Waals surface area contributed by atoms with Crippen LogP contribution in [0.2, 0.25) is 0 Å². The molecule has 0 saturated carbocycles. The lowest BCUT2D eigenvalue weighted by molar-refractivity contribution is 0.481. The molecule has 0 aliphatic carbocycles. The Balaban J connectivity index is 2.26. The highest BCUT2D eigenvalue weighted by atomic mass is 14.9. The van der Waals surface area contributed by atoms with E-state index in [2.05, 4.69) is 49.5 Å². The van der Waals surface area contributed by atoms with Crippen molar-refractivity contribution in [3.05, 3.63) is 35.9 Å². The Morgan fingerprint density at radius 2 is 1.81 bits per heavy atom. The Morgan fingerprint density at radius 1 is 1.06 bits per heavy atom. The Kier molecular flexibility index (Phi) is 6.91. The quantitative estimate of drug-likeness (QED) is 0.656. The van der Waals surface area contributed by atoms with Crippen LogP contribution < -0.4 is 5.32 Å². The monoisotopic (exact) mass is 219 g/mol. The third-order valence-corrected chi connectivity index (χ3v) is 3.03. The number of rotatable bonds is 8. The third-order valence-electron chi connectivity index (χ3n) is 3.03. The smallest absolute Gasteiger partial charge is 0.0105 e. The highest BCUT2D eigenvalue weighted by Gasteiger charge is 2.05. The number of hydrogen-bond donors (Lipinski definition) is 1. The zero-order valence-corrected chi connectivity index (χ0v) is 10.7. The number of benzene rings is 1. The second kappa shape index (κ2) is 8.35. The van der Waals surface area contributed by atoms with Crippen LogP contribution in [-0.2, 0) is 6.42 Å². The fourth-order valence-electron chi connectivity index (χ4n) is 1.94. The normalized spacial score (nSPS) is 12.6. The largest absolute Gasteiger partial charge is 0.314 e. The van der Waals surface area contributed by atoms with Gasteiger partial charge in [-0.1, -0.05) is 57.0 Å². The molecule has 1 rings (SSSR count). The van der Waals surface area contributed by atoms with E-state index in [0.29, 0.717) is 6.04 Å².